The number of carbonyl (C=O) groups excluding carboxylic acids is 1. The number of piperidine rings is 1. The zero-order chi connectivity index (χ0) is 13.8. The van der Waals surface area contributed by atoms with Crippen LogP contribution in [0.4, 0.5) is 0 Å². The Kier molecular flexibility index (Phi) is 3.87. The van der Waals surface area contributed by atoms with Crippen LogP contribution < -0.4 is 0 Å². The minimum Gasteiger partial charge on any atom is -0.334 e. The van der Waals surface area contributed by atoms with Gasteiger partial charge in [0.2, 0.25) is 0 Å². The third kappa shape index (κ3) is 2.77. The van der Waals surface area contributed by atoms with Crippen LogP contribution in [0.25, 0.3) is 11.5 Å². The number of likely N-dealkylation sites (tertiary alicyclic amines) is 1. The molecule has 1 aromatic carbocycles. The van der Waals surface area contributed by atoms with E-state index in [-0.39, 0.29) is 6.04 Å². The first-order valence-electron chi connectivity index (χ1n) is 6.94. The Morgan fingerprint density at radius 1 is 1.30 bits per heavy atom. The lowest BCUT2D eigenvalue weighted by atomic mass is 10.0. The Balaban J connectivity index is 1.72. The van der Waals surface area contributed by atoms with Crippen LogP contribution in [0.1, 0.15) is 25.1 Å². The number of rotatable bonds is 4. The lowest BCUT2D eigenvalue weighted by Crippen LogP contribution is -2.40. The van der Waals surface area contributed by atoms with Gasteiger partial charge in [0.15, 0.2) is 5.82 Å². The first-order chi connectivity index (χ1) is 9.86. The van der Waals surface area contributed by atoms with Gasteiger partial charge in [-0.15, -0.1) is 0 Å². The quantitative estimate of drug-likeness (QED) is 0.798. The number of nitrogens with zero attached hydrogens (tertiary/aromatic N) is 3. The van der Waals surface area contributed by atoms with Gasteiger partial charge in [0.05, 0.1) is 12.6 Å². The van der Waals surface area contributed by atoms with Crippen molar-refractivity contribution in [2.24, 2.45) is 0 Å². The normalized spacial score (nSPS) is 19.9. The van der Waals surface area contributed by atoms with Gasteiger partial charge in [0, 0.05) is 5.56 Å². The first kappa shape index (κ1) is 13.0. The van der Waals surface area contributed by atoms with E-state index in [0.29, 0.717) is 18.3 Å². The molecule has 104 valence electrons. The van der Waals surface area contributed by atoms with E-state index in [2.05, 4.69) is 15.0 Å². The van der Waals surface area contributed by atoms with E-state index in [1.54, 1.807) is 0 Å². The Hall–Kier alpha value is -2.01. The maximum Gasteiger partial charge on any atom is 0.257 e. The van der Waals surface area contributed by atoms with Gasteiger partial charge in [-0.1, -0.05) is 29.8 Å². The molecule has 5 heteroatoms. The lowest BCUT2D eigenvalue weighted by molar-refractivity contribution is -0.113. The van der Waals surface area contributed by atoms with Gasteiger partial charge in [-0.05, 0) is 31.5 Å². The molecule has 0 aliphatic carbocycles. The molecule has 0 N–H and O–H groups in total. The minimum atomic E-state index is -0.0116. The number of hydrogen-bond donors (Lipinski definition) is 0. The van der Waals surface area contributed by atoms with Crippen molar-refractivity contribution in [1.82, 2.24) is 15.0 Å². The van der Waals surface area contributed by atoms with E-state index in [0.717, 1.165) is 37.7 Å². The van der Waals surface area contributed by atoms with Gasteiger partial charge in [-0.3, -0.25) is 4.90 Å². The fraction of sp³-hybridized carbons (Fsp3) is 0.400. The fourth-order valence-electron chi connectivity index (χ4n) is 2.57. The molecule has 2 aromatic rings. The Morgan fingerprint density at radius 2 is 2.15 bits per heavy atom. The van der Waals surface area contributed by atoms with Crippen LogP contribution in [0, 0.1) is 0 Å². The summed E-state index contributed by atoms with van der Waals surface area (Å²) in [6, 6.07) is 9.68. The molecule has 5 nitrogen and oxygen atoms in total. The zero-order valence-electron chi connectivity index (χ0n) is 11.2. The van der Waals surface area contributed by atoms with E-state index < -0.39 is 0 Å². The molecule has 1 aliphatic rings. The number of benzene rings is 1. The third-order valence-electron chi connectivity index (χ3n) is 3.65. The van der Waals surface area contributed by atoms with E-state index in [1.165, 1.54) is 0 Å². The number of aldehydes is 1. The average molecular weight is 271 g/mol. The molecule has 3 rings (SSSR count). The summed E-state index contributed by atoms with van der Waals surface area (Å²) in [5.41, 5.74) is 0.914. The van der Waals surface area contributed by atoms with Gasteiger partial charge in [0.25, 0.3) is 5.89 Å². The van der Waals surface area contributed by atoms with E-state index in [4.69, 9.17) is 4.52 Å². The van der Waals surface area contributed by atoms with Crippen molar-refractivity contribution < 1.29 is 9.32 Å². The SMILES string of the molecule is O=CC1CCCCN1Cc1noc(-c2ccccc2)n1. The Bertz CT molecular complexity index is 568. The molecular formula is C15H17N3O2. The van der Waals surface area contributed by atoms with Crippen molar-refractivity contribution in [3.05, 3.63) is 36.2 Å². The maximum atomic E-state index is 11.1. The second kappa shape index (κ2) is 5.96. The molecule has 1 atom stereocenters. The van der Waals surface area contributed by atoms with Gasteiger partial charge in [-0.2, -0.15) is 4.98 Å². The molecule has 0 saturated carbocycles. The van der Waals surface area contributed by atoms with Crippen LogP contribution in [-0.2, 0) is 11.3 Å². The second-order valence-corrected chi connectivity index (χ2v) is 5.05. The largest absolute Gasteiger partial charge is 0.334 e. The van der Waals surface area contributed by atoms with Crippen molar-refractivity contribution in [3.8, 4) is 11.5 Å². The highest BCUT2D eigenvalue weighted by Crippen LogP contribution is 2.20. The summed E-state index contributed by atoms with van der Waals surface area (Å²) in [5.74, 6) is 1.16. The Labute approximate surface area is 117 Å². The van der Waals surface area contributed by atoms with Crippen LogP contribution in [-0.4, -0.2) is 33.9 Å². The van der Waals surface area contributed by atoms with Gasteiger partial charge in [0.1, 0.15) is 6.29 Å². The summed E-state index contributed by atoms with van der Waals surface area (Å²) in [6.45, 7) is 1.48. The molecule has 0 spiro atoms. The monoisotopic (exact) mass is 271 g/mol. The van der Waals surface area contributed by atoms with Crippen molar-refractivity contribution in [2.75, 3.05) is 6.54 Å². The van der Waals surface area contributed by atoms with Gasteiger partial charge < -0.3 is 9.32 Å². The highest BCUT2D eigenvalue weighted by Gasteiger charge is 2.23. The summed E-state index contributed by atoms with van der Waals surface area (Å²) in [6.07, 6.45) is 4.18. The predicted octanol–water partition coefficient (Wildman–Crippen LogP) is 2.29. The molecule has 2 heterocycles. The molecule has 1 saturated heterocycles. The molecule has 0 bridgehead atoms. The zero-order valence-corrected chi connectivity index (χ0v) is 11.2. The Morgan fingerprint density at radius 3 is 2.95 bits per heavy atom. The lowest BCUT2D eigenvalue weighted by Gasteiger charge is -2.30. The predicted molar refractivity (Wildman–Crippen MR) is 73.8 cm³/mol. The summed E-state index contributed by atoms with van der Waals surface area (Å²) < 4.78 is 5.29. The average Bonchev–Trinajstić information content (AvgIpc) is 2.97. The highest BCUT2D eigenvalue weighted by molar-refractivity contribution is 5.57. The molecule has 1 aliphatic heterocycles. The molecule has 0 radical (unpaired) electrons. The van der Waals surface area contributed by atoms with Crippen LogP contribution in [0.3, 0.4) is 0 Å². The van der Waals surface area contributed by atoms with E-state index in [1.807, 2.05) is 30.3 Å². The maximum absolute atomic E-state index is 11.1. The fourth-order valence-corrected chi connectivity index (χ4v) is 2.57. The standard InChI is InChI=1S/C15H17N3O2/c19-11-13-8-4-5-9-18(13)10-14-16-15(20-17-14)12-6-2-1-3-7-12/h1-3,6-7,11,13H,4-5,8-10H2. The molecule has 0 amide bonds. The molecule has 20 heavy (non-hydrogen) atoms. The van der Waals surface area contributed by atoms with Crippen LogP contribution in [0.15, 0.2) is 34.9 Å². The third-order valence-corrected chi connectivity index (χ3v) is 3.65. The van der Waals surface area contributed by atoms with Crippen LogP contribution in [0.5, 0.6) is 0 Å². The van der Waals surface area contributed by atoms with Gasteiger partial charge in [-0.25, -0.2) is 0 Å². The molecule has 1 unspecified atom stereocenters. The minimum absolute atomic E-state index is 0.0116. The van der Waals surface area contributed by atoms with E-state index in [9.17, 15) is 4.79 Å². The van der Waals surface area contributed by atoms with Crippen LogP contribution >= 0.6 is 0 Å². The summed E-state index contributed by atoms with van der Waals surface area (Å²) in [7, 11) is 0. The molecule has 1 aromatic heterocycles. The van der Waals surface area contributed by atoms with Gasteiger partial charge >= 0.3 is 0 Å². The second-order valence-electron chi connectivity index (χ2n) is 5.05. The number of hydrogen-bond acceptors (Lipinski definition) is 5. The summed E-state index contributed by atoms with van der Waals surface area (Å²) >= 11 is 0. The van der Waals surface area contributed by atoms with Crippen LogP contribution in [0.2, 0.25) is 0 Å². The number of carbonyl (C=O) groups is 1. The topological polar surface area (TPSA) is 59.2 Å². The smallest absolute Gasteiger partial charge is 0.257 e. The van der Waals surface area contributed by atoms with Crippen molar-refractivity contribution >= 4 is 6.29 Å². The summed E-state index contributed by atoms with van der Waals surface area (Å²) in [5, 5.41) is 4.01. The van der Waals surface area contributed by atoms with Crippen molar-refractivity contribution in [2.45, 2.75) is 31.8 Å². The molecular weight excluding hydrogens is 254 g/mol. The first-order valence-corrected chi connectivity index (χ1v) is 6.94. The van der Waals surface area contributed by atoms with Crippen molar-refractivity contribution in [3.63, 3.8) is 0 Å². The highest BCUT2D eigenvalue weighted by atomic mass is 16.5. The van der Waals surface area contributed by atoms with Crippen molar-refractivity contribution in [1.29, 1.82) is 0 Å². The number of aromatic nitrogens is 2. The van der Waals surface area contributed by atoms with E-state index >= 15 is 0 Å². The molecule has 1 fully saturated rings. The summed E-state index contributed by atoms with van der Waals surface area (Å²) in [4.78, 5) is 17.6.